The molecule has 1 aliphatic heterocycles. The number of carbonyl (C=O) groups is 2. The van der Waals surface area contributed by atoms with E-state index in [1.165, 1.54) is 22.5 Å². The summed E-state index contributed by atoms with van der Waals surface area (Å²) in [4.78, 5) is 30.0. The first kappa shape index (κ1) is 28.8. The highest BCUT2D eigenvalue weighted by atomic mass is 35.5. The van der Waals surface area contributed by atoms with E-state index in [1.807, 2.05) is 0 Å². The van der Waals surface area contributed by atoms with Crippen molar-refractivity contribution in [3.05, 3.63) is 105 Å². The van der Waals surface area contributed by atoms with Gasteiger partial charge in [-0.15, -0.1) is 0 Å². The van der Waals surface area contributed by atoms with Gasteiger partial charge in [0.05, 0.1) is 11.3 Å². The van der Waals surface area contributed by atoms with Crippen LogP contribution in [0.4, 0.5) is 5.69 Å². The lowest BCUT2D eigenvalue weighted by Gasteiger charge is -2.27. The Morgan fingerprint density at radius 2 is 1.62 bits per heavy atom. The molecule has 1 fully saturated rings. The van der Waals surface area contributed by atoms with E-state index in [0.29, 0.717) is 40.4 Å². The Morgan fingerprint density at radius 3 is 2.23 bits per heavy atom. The normalized spacial score (nSPS) is 15.4. The predicted octanol–water partition coefficient (Wildman–Crippen LogP) is 3.66. The van der Waals surface area contributed by atoms with Gasteiger partial charge in [0.15, 0.2) is 5.96 Å². The molecule has 12 heteroatoms. The number of hydrogen-bond acceptors (Lipinski definition) is 5. The number of sulfonamides is 1. The van der Waals surface area contributed by atoms with Crippen LogP contribution >= 0.6 is 11.6 Å². The number of halogens is 1. The van der Waals surface area contributed by atoms with Crippen LogP contribution in [0, 0.1) is 0 Å². The Morgan fingerprint density at radius 1 is 1.00 bits per heavy atom. The summed E-state index contributed by atoms with van der Waals surface area (Å²) >= 11 is 5.94. The lowest BCUT2D eigenvalue weighted by atomic mass is 10.1. The average molecular weight is 582 g/mol. The Kier molecular flexibility index (Phi) is 8.88. The van der Waals surface area contributed by atoms with Gasteiger partial charge in [0.25, 0.3) is 5.91 Å². The van der Waals surface area contributed by atoms with Gasteiger partial charge in [-0.3, -0.25) is 4.79 Å². The topological polar surface area (TPSA) is 159 Å². The first-order valence-electron chi connectivity index (χ1n) is 12.3. The maximum absolute atomic E-state index is 13.6. The van der Waals surface area contributed by atoms with Crippen LogP contribution in [0.1, 0.15) is 38.3 Å². The zero-order chi connectivity index (χ0) is 28.9. The van der Waals surface area contributed by atoms with Crippen molar-refractivity contribution in [3.8, 4) is 0 Å². The number of aliphatic imine (C=N–C) groups is 1. The van der Waals surface area contributed by atoms with Gasteiger partial charge in [0.1, 0.15) is 0 Å². The van der Waals surface area contributed by atoms with Crippen molar-refractivity contribution < 1.29 is 23.1 Å². The van der Waals surface area contributed by atoms with Crippen LogP contribution in [0.5, 0.6) is 0 Å². The SMILES string of the molecule is NC(N)=Nc1ccc(C(=O)N2CCC(N(Cc3ccc(C(=O)O)cc3)S(=O)(=O)C=Cc3ccc(Cl)cc3)C2)cc1. The average Bonchev–Trinajstić information content (AvgIpc) is 3.41. The van der Waals surface area contributed by atoms with Gasteiger partial charge in [-0.2, -0.15) is 4.31 Å². The predicted molar refractivity (Wildman–Crippen MR) is 155 cm³/mol. The fourth-order valence-electron chi connectivity index (χ4n) is 4.35. The highest BCUT2D eigenvalue weighted by Crippen LogP contribution is 2.25. The van der Waals surface area contributed by atoms with Crippen LogP contribution in [0.15, 0.2) is 83.2 Å². The number of aromatic carboxylic acids is 1. The lowest BCUT2D eigenvalue weighted by molar-refractivity contribution is 0.0696. The summed E-state index contributed by atoms with van der Waals surface area (Å²) in [5.41, 5.74) is 13.1. The van der Waals surface area contributed by atoms with Crippen molar-refractivity contribution >= 4 is 51.2 Å². The van der Waals surface area contributed by atoms with E-state index in [0.717, 1.165) is 5.41 Å². The van der Waals surface area contributed by atoms with Gasteiger partial charge in [-0.05, 0) is 72.2 Å². The van der Waals surface area contributed by atoms with E-state index in [4.69, 9.17) is 23.1 Å². The zero-order valence-corrected chi connectivity index (χ0v) is 22.9. The molecule has 0 spiro atoms. The molecule has 0 saturated carbocycles. The fraction of sp³-hybridized carbons (Fsp3) is 0.179. The summed E-state index contributed by atoms with van der Waals surface area (Å²) in [5, 5.41) is 10.9. The van der Waals surface area contributed by atoms with Crippen LogP contribution < -0.4 is 11.5 Å². The molecule has 0 bridgehead atoms. The summed E-state index contributed by atoms with van der Waals surface area (Å²) in [6.07, 6.45) is 1.92. The molecule has 1 aliphatic rings. The molecule has 1 unspecified atom stereocenters. The van der Waals surface area contributed by atoms with Gasteiger partial charge >= 0.3 is 5.97 Å². The molecule has 1 heterocycles. The highest BCUT2D eigenvalue weighted by molar-refractivity contribution is 7.92. The first-order valence-corrected chi connectivity index (χ1v) is 14.2. The fourth-order valence-corrected chi connectivity index (χ4v) is 5.88. The number of hydrogen-bond donors (Lipinski definition) is 3. The van der Waals surface area contributed by atoms with Gasteiger partial charge < -0.3 is 21.5 Å². The molecule has 1 saturated heterocycles. The van der Waals surface area contributed by atoms with Gasteiger partial charge in [-0.1, -0.05) is 35.9 Å². The van der Waals surface area contributed by atoms with Gasteiger partial charge in [-0.25, -0.2) is 18.2 Å². The summed E-state index contributed by atoms with van der Waals surface area (Å²) in [6.45, 7) is 0.562. The van der Waals surface area contributed by atoms with Crippen LogP contribution in [0.25, 0.3) is 6.08 Å². The van der Waals surface area contributed by atoms with E-state index < -0.39 is 22.0 Å². The molecule has 40 heavy (non-hydrogen) atoms. The number of amides is 1. The Labute approximate surface area is 237 Å². The lowest BCUT2D eigenvalue weighted by Crippen LogP contribution is -2.41. The minimum atomic E-state index is -3.94. The van der Waals surface area contributed by atoms with Crippen molar-refractivity contribution in [1.82, 2.24) is 9.21 Å². The summed E-state index contributed by atoms with van der Waals surface area (Å²) in [7, 11) is -3.94. The molecule has 0 radical (unpaired) electrons. The van der Waals surface area contributed by atoms with Crippen molar-refractivity contribution in [2.45, 2.75) is 19.0 Å². The third-order valence-electron chi connectivity index (χ3n) is 6.40. The second kappa shape index (κ2) is 12.3. The minimum Gasteiger partial charge on any atom is -0.478 e. The molecule has 0 aliphatic carbocycles. The number of nitrogens with zero attached hydrogens (tertiary/aromatic N) is 3. The van der Waals surface area contributed by atoms with E-state index >= 15 is 0 Å². The Hall–Kier alpha value is -4.19. The monoisotopic (exact) mass is 581 g/mol. The van der Waals surface area contributed by atoms with Crippen LogP contribution in [0.3, 0.4) is 0 Å². The molecule has 5 N–H and O–H groups in total. The van der Waals surface area contributed by atoms with Crippen LogP contribution in [0.2, 0.25) is 5.02 Å². The standard InChI is InChI=1S/C28H28ClN5O5S/c29-23-9-3-19(4-10-23)14-16-40(38,39)34(17-20-1-5-22(6-2-20)27(36)37)25-13-15-33(18-25)26(35)21-7-11-24(12-8-21)32-28(30)31/h1-12,14,16,25H,13,15,17-18H2,(H,36,37)(H4,30,31,32). The number of nitrogens with two attached hydrogens (primary N) is 2. The van der Waals surface area contributed by atoms with Crippen molar-refractivity contribution in [3.63, 3.8) is 0 Å². The van der Waals surface area contributed by atoms with Crippen LogP contribution in [-0.2, 0) is 16.6 Å². The molecule has 4 rings (SSSR count). The van der Waals surface area contributed by atoms with Crippen LogP contribution in [-0.4, -0.2) is 59.7 Å². The third kappa shape index (κ3) is 7.26. The number of carboxylic acid groups (broad SMARTS) is 1. The molecular formula is C28H28ClN5O5S. The van der Waals surface area contributed by atoms with E-state index in [1.54, 1.807) is 65.6 Å². The second-order valence-corrected chi connectivity index (χ2v) is 11.4. The molecule has 1 amide bonds. The molecule has 1 atom stereocenters. The molecule has 208 valence electrons. The highest BCUT2D eigenvalue weighted by Gasteiger charge is 2.36. The van der Waals surface area contributed by atoms with Crippen molar-refractivity contribution in [2.75, 3.05) is 13.1 Å². The number of carboxylic acids is 1. The molecule has 3 aromatic rings. The number of likely N-dealkylation sites (tertiary alicyclic amines) is 1. The summed E-state index contributed by atoms with van der Waals surface area (Å²) in [6, 6.07) is 18.8. The molecule has 10 nitrogen and oxygen atoms in total. The molecule has 3 aromatic carbocycles. The molecule has 0 aromatic heterocycles. The summed E-state index contributed by atoms with van der Waals surface area (Å²) in [5.74, 6) is -1.40. The van der Waals surface area contributed by atoms with Gasteiger partial charge in [0, 0.05) is 41.7 Å². The Balaban J connectivity index is 1.57. The largest absolute Gasteiger partial charge is 0.478 e. The summed E-state index contributed by atoms with van der Waals surface area (Å²) < 4.78 is 28.5. The van der Waals surface area contributed by atoms with E-state index in [2.05, 4.69) is 4.99 Å². The quantitative estimate of drug-likeness (QED) is 0.257. The number of carbonyl (C=O) groups excluding carboxylic acids is 1. The number of benzene rings is 3. The minimum absolute atomic E-state index is 0.00704. The van der Waals surface area contributed by atoms with Crippen molar-refractivity contribution in [1.29, 1.82) is 0 Å². The second-order valence-electron chi connectivity index (χ2n) is 9.22. The number of rotatable bonds is 9. The maximum Gasteiger partial charge on any atom is 0.335 e. The number of guanidine groups is 1. The Bertz CT molecular complexity index is 1540. The molecular weight excluding hydrogens is 554 g/mol. The smallest absolute Gasteiger partial charge is 0.335 e. The van der Waals surface area contributed by atoms with Crippen molar-refractivity contribution in [2.24, 2.45) is 16.5 Å². The first-order chi connectivity index (χ1) is 19.0. The third-order valence-corrected chi connectivity index (χ3v) is 8.21. The van der Waals surface area contributed by atoms with E-state index in [-0.39, 0.29) is 30.5 Å². The zero-order valence-electron chi connectivity index (χ0n) is 21.4. The van der Waals surface area contributed by atoms with E-state index in [9.17, 15) is 23.1 Å². The van der Waals surface area contributed by atoms with Gasteiger partial charge in [0.2, 0.25) is 10.0 Å². The maximum atomic E-state index is 13.6.